The molecule has 1 unspecified atom stereocenters. The van der Waals surface area contributed by atoms with Gasteiger partial charge >= 0.3 is 12.0 Å². The molecule has 5 heteroatoms. The van der Waals surface area contributed by atoms with Crippen LogP contribution in [0.1, 0.15) is 71.6 Å². The molecule has 0 spiro atoms. The minimum absolute atomic E-state index is 0.0660. The number of rotatable bonds is 4. The number of amides is 2. The van der Waals surface area contributed by atoms with Crippen molar-refractivity contribution >= 4 is 12.0 Å². The SMILES string of the molecule is CC(C)CC1CCCCCN1C(=O)NC1CCC(C(=O)O)CC1. The molecule has 1 heterocycles. The van der Waals surface area contributed by atoms with E-state index in [0.29, 0.717) is 24.8 Å². The van der Waals surface area contributed by atoms with Gasteiger partial charge < -0.3 is 15.3 Å². The lowest BCUT2D eigenvalue weighted by atomic mass is 9.86. The highest BCUT2D eigenvalue weighted by atomic mass is 16.4. The summed E-state index contributed by atoms with van der Waals surface area (Å²) < 4.78 is 0. The lowest BCUT2D eigenvalue weighted by molar-refractivity contribution is -0.142. The minimum atomic E-state index is -0.695. The number of carbonyl (C=O) groups is 2. The summed E-state index contributed by atoms with van der Waals surface area (Å²) in [6.07, 6.45) is 8.61. The molecule has 2 N–H and O–H groups in total. The topological polar surface area (TPSA) is 69.6 Å². The Balaban J connectivity index is 1.88. The molecule has 1 saturated heterocycles. The Bertz CT molecular complexity index is 403. The first-order valence-electron chi connectivity index (χ1n) is 9.27. The number of likely N-dealkylation sites (tertiary alicyclic amines) is 1. The summed E-state index contributed by atoms with van der Waals surface area (Å²) in [6.45, 7) is 5.29. The summed E-state index contributed by atoms with van der Waals surface area (Å²) in [6, 6.07) is 0.560. The van der Waals surface area contributed by atoms with Gasteiger partial charge in [-0.05, 0) is 50.9 Å². The number of aliphatic carboxylic acids is 1. The molecule has 23 heavy (non-hydrogen) atoms. The predicted molar refractivity (Wildman–Crippen MR) is 90.3 cm³/mol. The molecule has 1 saturated carbocycles. The quantitative estimate of drug-likeness (QED) is 0.829. The van der Waals surface area contributed by atoms with Crippen molar-refractivity contribution in [2.24, 2.45) is 11.8 Å². The second-order valence-corrected chi connectivity index (χ2v) is 7.66. The van der Waals surface area contributed by atoms with Crippen molar-refractivity contribution < 1.29 is 14.7 Å². The number of carbonyl (C=O) groups excluding carboxylic acids is 1. The van der Waals surface area contributed by atoms with Crippen LogP contribution in [0.3, 0.4) is 0 Å². The van der Waals surface area contributed by atoms with Crippen LogP contribution in [0.4, 0.5) is 4.79 Å². The highest BCUT2D eigenvalue weighted by Crippen LogP contribution is 2.26. The fraction of sp³-hybridized carbons (Fsp3) is 0.889. The number of nitrogens with one attached hydrogen (secondary N) is 1. The molecule has 132 valence electrons. The molecule has 2 rings (SSSR count). The molecule has 0 aromatic rings. The number of hydrogen-bond acceptors (Lipinski definition) is 2. The zero-order chi connectivity index (χ0) is 16.8. The van der Waals surface area contributed by atoms with Crippen LogP contribution in [0, 0.1) is 11.8 Å². The monoisotopic (exact) mass is 324 g/mol. The highest BCUT2D eigenvalue weighted by Gasteiger charge is 2.30. The average Bonchev–Trinajstić information content (AvgIpc) is 2.72. The largest absolute Gasteiger partial charge is 0.481 e. The van der Waals surface area contributed by atoms with Crippen molar-refractivity contribution in [3.63, 3.8) is 0 Å². The van der Waals surface area contributed by atoms with Crippen molar-refractivity contribution in [2.45, 2.75) is 83.7 Å². The molecule has 1 aliphatic heterocycles. The van der Waals surface area contributed by atoms with E-state index in [1.165, 1.54) is 12.8 Å². The van der Waals surface area contributed by atoms with Gasteiger partial charge in [0.25, 0.3) is 0 Å². The molecule has 1 aliphatic carbocycles. The standard InChI is InChI=1S/C18H32N2O3/c1-13(2)12-16-6-4-3-5-11-20(16)18(23)19-15-9-7-14(8-10-15)17(21)22/h13-16H,3-12H2,1-2H3,(H,19,23)(H,21,22). The summed E-state index contributed by atoms with van der Waals surface area (Å²) in [5.41, 5.74) is 0. The van der Waals surface area contributed by atoms with Gasteiger partial charge in [0.05, 0.1) is 5.92 Å². The molecule has 2 aliphatic rings. The van der Waals surface area contributed by atoms with Gasteiger partial charge in [-0.25, -0.2) is 4.79 Å². The average molecular weight is 324 g/mol. The van der Waals surface area contributed by atoms with Crippen LogP contribution in [-0.4, -0.2) is 40.6 Å². The van der Waals surface area contributed by atoms with Crippen molar-refractivity contribution in [1.82, 2.24) is 10.2 Å². The maximum atomic E-state index is 12.7. The Morgan fingerprint density at radius 1 is 1.09 bits per heavy atom. The smallest absolute Gasteiger partial charge is 0.317 e. The molecule has 2 amide bonds. The molecule has 5 nitrogen and oxygen atoms in total. The first-order chi connectivity index (χ1) is 11.0. The van der Waals surface area contributed by atoms with Gasteiger partial charge in [0.1, 0.15) is 0 Å². The van der Waals surface area contributed by atoms with Crippen LogP contribution in [0.5, 0.6) is 0 Å². The lowest BCUT2D eigenvalue weighted by Crippen LogP contribution is -2.50. The third-order valence-electron chi connectivity index (χ3n) is 5.29. The van der Waals surface area contributed by atoms with Crippen molar-refractivity contribution in [3.05, 3.63) is 0 Å². The maximum absolute atomic E-state index is 12.7. The Morgan fingerprint density at radius 2 is 1.78 bits per heavy atom. The number of carboxylic acid groups (broad SMARTS) is 1. The van der Waals surface area contributed by atoms with Crippen molar-refractivity contribution in [2.75, 3.05) is 6.54 Å². The van der Waals surface area contributed by atoms with Crippen LogP contribution >= 0.6 is 0 Å². The van der Waals surface area contributed by atoms with Gasteiger partial charge in [-0.1, -0.05) is 26.7 Å². The van der Waals surface area contributed by atoms with Gasteiger partial charge in [-0.15, -0.1) is 0 Å². The van der Waals surface area contributed by atoms with E-state index in [4.69, 9.17) is 5.11 Å². The third-order valence-corrected chi connectivity index (χ3v) is 5.29. The van der Waals surface area contributed by atoms with Gasteiger partial charge in [0.2, 0.25) is 0 Å². The fourth-order valence-corrected chi connectivity index (χ4v) is 3.98. The summed E-state index contributed by atoms with van der Waals surface area (Å²) in [7, 11) is 0. The van der Waals surface area contributed by atoms with Crippen LogP contribution in [0.15, 0.2) is 0 Å². The molecule has 0 aromatic carbocycles. The van der Waals surface area contributed by atoms with E-state index in [9.17, 15) is 9.59 Å². The minimum Gasteiger partial charge on any atom is -0.481 e. The Morgan fingerprint density at radius 3 is 2.39 bits per heavy atom. The summed E-state index contributed by atoms with van der Waals surface area (Å²) in [5, 5.41) is 12.2. The Hall–Kier alpha value is -1.26. The van der Waals surface area contributed by atoms with E-state index in [-0.39, 0.29) is 18.0 Å². The fourth-order valence-electron chi connectivity index (χ4n) is 3.98. The summed E-state index contributed by atoms with van der Waals surface area (Å²) in [5.74, 6) is -0.325. The van der Waals surface area contributed by atoms with Crippen LogP contribution in [0.25, 0.3) is 0 Å². The second kappa shape index (κ2) is 8.55. The Labute approximate surface area is 139 Å². The molecular weight excluding hydrogens is 292 g/mol. The van der Waals surface area contributed by atoms with Gasteiger partial charge in [0, 0.05) is 18.6 Å². The highest BCUT2D eigenvalue weighted by molar-refractivity contribution is 5.75. The zero-order valence-electron chi connectivity index (χ0n) is 14.6. The van der Waals surface area contributed by atoms with E-state index in [0.717, 1.165) is 38.6 Å². The van der Waals surface area contributed by atoms with E-state index >= 15 is 0 Å². The first-order valence-corrected chi connectivity index (χ1v) is 9.27. The van der Waals surface area contributed by atoms with Gasteiger partial charge in [-0.3, -0.25) is 4.79 Å². The maximum Gasteiger partial charge on any atom is 0.317 e. The third kappa shape index (κ3) is 5.40. The number of nitrogens with zero attached hydrogens (tertiary/aromatic N) is 1. The number of carboxylic acids is 1. The zero-order valence-corrected chi connectivity index (χ0v) is 14.6. The van der Waals surface area contributed by atoms with E-state index in [1.807, 2.05) is 0 Å². The van der Waals surface area contributed by atoms with E-state index in [2.05, 4.69) is 24.1 Å². The number of hydrogen-bond donors (Lipinski definition) is 2. The lowest BCUT2D eigenvalue weighted by Gasteiger charge is -2.34. The van der Waals surface area contributed by atoms with Gasteiger partial charge in [0.15, 0.2) is 0 Å². The molecule has 1 atom stereocenters. The van der Waals surface area contributed by atoms with Crippen molar-refractivity contribution in [3.8, 4) is 0 Å². The molecule has 0 aromatic heterocycles. The first kappa shape index (κ1) is 18.1. The van der Waals surface area contributed by atoms with Gasteiger partial charge in [-0.2, -0.15) is 0 Å². The van der Waals surface area contributed by atoms with Crippen LogP contribution < -0.4 is 5.32 Å². The van der Waals surface area contributed by atoms with Crippen molar-refractivity contribution in [1.29, 1.82) is 0 Å². The summed E-state index contributed by atoms with van der Waals surface area (Å²) >= 11 is 0. The summed E-state index contributed by atoms with van der Waals surface area (Å²) in [4.78, 5) is 25.8. The normalized spacial score (nSPS) is 29.2. The molecular formula is C18H32N2O3. The molecule has 0 radical (unpaired) electrons. The van der Waals surface area contributed by atoms with E-state index in [1.54, 1.807) is 0 Å². The second-order valence-electron chi connectivity index (χ2n) is 7.66. The van der Waals surface area contributed by atoms with E-state index < -0.39 is 5.97 Å². The van der Waals surface area contributed by atoms with Crippen LogP contribution in [-0.2, 0) is 4.79 Å². The Kier molecular flexibility index (Phi) is 6.72. The predicted octanol–water partition coefficient (Wildman–Crippen LogP) is 3.63. The number of urea groups is 1. The molecule has 2 fully saturated rings. The molecule has 0 bridgehead atoms. The van der Waals surface area contributed by atoms with Crippen LogP contribution in [0.2, 0.25) is 0 Å².